The summed E-state index contributed by atoms with van der Waals surface area (Å²) in [7, 11) is 0. The van der Waals surface area contributed by atoms with E-state index in [0.717, 1.165) is 32.0 Å². The number of para-hydroxylation sites is 1. The van der Waals surface area contributed by atoms with Crippen LogP contribution in [0.1, 0.15) is 17.3 Å². The summed E-state index contributed by atoms with van der Waals surface area (Å²) in [6.07, 6.45) is 0. The summed E-state index contributed by atoms with van der Waals surface area (Å²) < 4.78 is 8.78. The Morgan fingerprint density at radius 1 is 1.19 bits per heavy atom. The third-order valence-corrected chi connectivity index (χ3v) is 8.46. The fraction of sp³-hybridized carbons (Fsp3) is 0.182. The van der Waals surface area contributed by atoms with E-state index >= 15 is 0 Å². The zero-order valence-corrected chi connectivity index (χ0v) is 21.0. The van der Waals surface area contributed by atoms with Gasteiger partial charge in [-0.1, -0.05) is 73.4 Å². The number of benzene rings is 2. The third kappa shape index (κ3) is 3.31. The van der Waals surface area contributed by atoms with Gasteiger partial charge in [0.05, 0.1) is 18.0 Å². The third-order valence-electron chi connectivity index (χ3n) is 5.40. The average molecular weight is 582 g/mol. The number of carbonyl (C=O) groups excluding carboxylic acids is 1. The number of β-lactam (4-membered cyclic amide) rings is 1. The standard InChI is InChI=1S/C22H16Br2ClN3O2S/c1-13-18(20(25)28(26-13)16-5-3-2-4-6-16)19-22(30-12-17(11-23)31-22)21(29)27(19)15-9-7-14(24)8-10-15/h2-11,19H,12H2,1H3/b17-11-/t19-,22+/m1/s1. The number of hydrogen-bond acceptors (Lipinski definition) is 4. The van der Waals surface area contributed by atoms with Crippen molar-refractivity contribution in [2.24, 2.45) is 0 Å². The Morgan fingerprint density at radius 2 is 1.90 bits per heavy atom. The molecule has 2 aliphatic rings. The first-order chi connectivity index (χ1) is 15.0. The second-order valence-electron chi connectivity index (χ2n) is 7.23. The summed E-state index contributed by atoms with van der Waals surface area (Å²) in [4.78, 5) is 16.9. The molecule has 2 aliphatic heterocycles. The molecule has 2 aromatic carbocycles. The molecule has 1 spiro atoms. The largest absolute Gasteiger partial charge is 0.347 e. The zero-order chi connectivity index (χ0) is 21.8. The summed E-state index contributed by atoms with van der Waals surface area (Å²) in [5, 5.41) is 5.17. The van der Waals surface area contributed by atoms with E-state index in [4.69, 9.17) is 21.4 Å². The van der Waals surface area contributed by atoms with Gasteiger partial charge in [0.25, 0.3) is 5.91 Å². The van der Waals surface area contributed by atoms with Gasteiger partial charge in [-0.15, -0.1) is 0 Å². The van der Waals surface area contributed by atoms with Crippen LogP contribution in [0.2, 0.25) is 5.15 Å². The van der Waals surface area contributed by atoms with E-state index in [-0.39, 0.29) is 5.91 Å². The van der Waals surface area contributed by atoms with Crippen molar-refractivity contribution in [1.29, 1.82) is 0 Å². The minimum Gasteiger partial charge on any atom is -0.347 e. The molecule has 31 heavy (non-hydrogen) atoms. The summed E-state index contributed by atoms with van der Waals surface area (Å²) >= 11 is 15.2. The number of thioether (sulfide) groups is 1. The molecule has 0 bridgehead atoms. The van der Waals surface area contributed by atoms with Gasteiger partial charge in [0.1, 0.15) is 11.2 Å². The molecule has 0 N–H and O–H groups in total. The van der Waals surface area contributed by atoms with Gasteiger partial charge in [-0.05, 0) is 48.3 Å². The molecule has 158 valence electrons. The highest BCUT2D eigenvalue weighted by Gasteiger charge is 2.67. The first kappa shape index (κ1) is 21.3. The molecule has 2 atom stereocenters. The van der Waals surface area contributed by atoms with Crippen molar-refractivity contribution in [1.82, 2.24) is 9.78 Å². The van der Waals surface area contributed by atoms with E-state index in [1.165, 1.54) is 11.8 Å². The Labute approximate surface area is 205 Å². The van der Waals surface area contributed by atoms with Crippen LogP contribution in [0.4, 0.5) is 5.69 Å². The van der Waals surface area contributed by atoms with Gasteiger partial charge in [0.2, 0.25) is 4.93 Å². The van der Waals surface area contributed by atoms with Gasteiger partial charge < -0.3 is 4.74 Å². The predicted molar refractivity (Wildman–Crippen MR) is 131 cm³/mol. The highest BCUT2D eigenvalue weighted by molar-refractivity contribution is 9.11. The molecule has 1 amide bonds. The van der Waals surface area contributed by atoms with Crippen LogP contribution >= 0.6 is 55.2 Å². The predicted octanol–water partition coefficient (Wildman–Crippen LogP) is 6.38. The van der Waals surface area contributed by atoms with Gasteiger partial charge in [0, 0.05) is 20.6 Å². The van der Waals surface area contributed by atoms with Crippen LogP contribution in [-0.2, 0) is 9.53 Å². The minimum absolute atomic E-state index is 0.0999. The van der Waals surface area contributed by atoms with Crippen molar-refractivity contribution in [2.75, 3.05) is 11.5 Å². The molecule has 3 aromatic rings. The Balaban J connectivity index is 1.65. The van der Waals surface area contributed by atoms with Crippen LogP contribution in [0.25, 0.3) is 5.69 Å². The Bertz CT molecular complexity index is 1200. The van der Waals surface area contributed by atoms with Crippen molar-refractivity contribution in [2.45, 2.75) is 17.9 Å². The molecule has 2 fully saturated rings. The van der Waals surface area contributed by atoms with Crippen LogP contribution in [0.3, 0.4) is 0 Å². The van der Waals surface area contributed by atoms with E-state index in [1.807, 2.05) is 61.5 Å². The number of anilines is 1. The van der Waals surface area contributed by atoms with Gasteiger partial charge in [-0.2, -0.15) is 5.10 Å². The van der Waals surface area contributed by atoms with Crippen LogP contribution < -0.4 is 4.90 Å². The smallest absolute Gasteiger partial charge is 0.273 e. The lowest BCUT2D eigenvalue weighted by molar-refractivity contribution is -0.145. The lowest BCUT2D eigenvalue weighted by Gasteiger charge is -2.52. The number of rotatable bonds is 3. The molecule has 5 nitrogen and oxygen atoms in total. The number of aromatic nitrogens is 2. The quantitative estimate of drug-likeness (QED) is 0.337. The SMILES string of the molecule is Cc1nn(-c2ccccc2)c(Cl)c1[C@H]1N(c2ccc(Br)cc2)C(=O)[C@]12OC/C(=C/Br)S2. The van der Waals surface area contributed by atoms with Crippen molar-refractivity contribution < 1.29 is 9.53 Å². The minimum atomic E-state index is -1.06. The van der Waals surface area contributed by atoms with Crippen LogP contribution in [0, 0.1) is 6.92 Å². The molecule has 9 heteroatoms. The topological polar surface area (TPSA) is 47.4 Å². The van der Waals surface area contributed by atoms with Crippen LogP contribution in [0.5, 0.6) is 0 Å². The normalized spacial score (nSPS) is 24.3. The summed E-state index contributed by atoms with van der Waals surface area (Å²) in [5.74, 6) is -0.0999. The number of amides is 1. The van der Waals surface area contributed by atoms with E-state index in [0.29, 0.717) is 11.8 Å². The summed E-state index contributed by atoms with van der Waals surface area (Å²) in [6.45, 7) is 2.29. The maximum atomic E-state index is 13.5. The van der Waals surface area contributed by atoms with E-state index < -0.39 is 11.0 Å². The fourth-order valence-electron chi connectivity index (χ4n) is 3.98. The molecule has 0 radical (unpaired) electrons. The van der Waals surface area contributed by atoms with Gasteiger partial charge in [-0.25, -0.2) is 4.68 Å². The van der Waals surface area contributed by atoms with Crippen LogP contribution in [-0.4, -0.2) is 27.2 Å². The van der Waals surface area contributed by atoms with Crippen molar-refractivity contribution in [3.05, 3.63) is 85.4 Å². The van der Waals surface area contributed by atoms with Crippen molar-refractivity contribution in [3.8, 4) is 5.69 Å². The van der Waals surface area contributed by atoms with Crippen molar-refractivity contribution in [3.63, 3.8) is 0 Å². The molecular weight excluding hydrogens is 566 g/mol. The summed E-state index contributed by atoms with van der Waals surface area (Å²) in [6, 6.07) is 17.0. The Hall–Kier alpha value is -1.58. The number of aryl methyl sites for hydroxylation is 1. The Kier molecular flexibility index (Phi) is 5.55. The number of halogens is 3. The van der Waals surface area contributed by atoms with E-state index in [2.05, 4.69) is 31.9 Å². The maximum Gasteiger partial charge on any atom is 0.273 e. The monoisotopic (exact) mass is 579 g/mol. The highest BCUT2D eigenvalue weighted by atomic mass is 79.9. The average Bonchev–Trinajstić information content (AvgIpc) is 3.36. The second kappa shape index (κ2) is 8.08. The molecule has 5 rings (SSSR count). The summed E-state index contributed by atoms with van der Waals surface area (Å²) in [5.41, 5.74) is 3.19. The molecule has 3 heterocycles. The lowest BCUT2D eigenvalue weighted by atomic mass is 9.89. The molecule has 0 unspecified atom stereocenters. The lowest BCUT2D eigenvalue weighted by Crippen LogP contribution is -2.67. The molecule has 1 aromatic heterocycles. The number of carbonyl (C=O) groups is 1. The van der Waals surface area contributed by atoms with Crippen molar-refractivity contribution >= 4 is 66.8 Å². The highest BCUT2D eigenvalue weighted by Crippen LogP contribution is 2.61. The van der Waals surface area contributed by atoms with Gasteiger partial charge in [0.15, 0.2) is 0 Å². The zero-order valence-electron chi connectivity index (χ0n) is 16.3. The number of ether oxygens (including phenoxy) is 1. The van der Waals surface area contributed by atoms with Gasteiger partial charge in [-0.3, -0.25) is 9.69 Å². The van der Waals surface area contributed by atoms with Crippen LogP contribution in [0.15, 0.2) is 69.0 Å². The first-order valence-electron chi connectivity index (χ1n) is 9.48. The second-order valence-corrected chi connectivity index (χ2v) is 10.3. The number of nitrogens with zero attached hydrogens (tertiary/aromatic N) is 3. The molecular formula is C22H16Br2ClN3O2S. The number of hydrogen-bond donors (Lipinski definition) is 0. The maximum absolute atomic E-state index is 13.5. The van der Waals surface area contributed by atoms with E-state index in [9.17, 15) is 4.79 Å². The van der Waals surface area contributed by atoms with E-state index in [1.54, 1.807) is 14.6 Å². The molecule has 0 aliphatic carbocycles. The molecule has 2 saturated heterocycles. The van der Waals surface area contributed by atoms with Gasteiger partial charge >= 0.3 is 0 Å². The Morgan fingerprint density at radius 3 is 2.55 bits per heavy atom. The fourth-order valence-corrected chi connectivity index (χ4v) is 6.22. The first-order valence-corrected chi connectivity index (χ1v) is 12.4. The molecule has 0 saturated carbocycles.